The van der Waals surface area contributed by atoms with Crippen molar-refractivity contribution in [1.29, 1.82) is 0 Å². The maximum atomic E-state index is 12.1. The minimum atomic E-state index is -3.11. The Hall–Kier alpha value is -1.49. The number of halogens is 3. The van der Waals surface area contributed by atoms with Crippen LogP contribution in [-0.4, -0.2) is 18.7 Å². The summed E-state index contributed by atoms with van der Waals surface area (Å²) in [6, 6.07) is 2.49. The van der Waals surface area contributed by atoms with Crippen LogP contribution >= 0.6 is 11.6 Å². The highest BCUT2D eigenvalue weighted by molar-refractivity contribution is 6.35. The summed E-state index contributed by atoms with van der Waals surface area (Å²) in [6.45, 7) is -1.93. The van der Waals surface area contributed by atoms with Gasteiger partial charge in [-0.25, -0.2) is 0 Å². The normalized spacial score (nSPS) is 10.3. The first-order chi connectivity index (χ1) is 7.47. The summed E-state index contributed by atoms with van der Waals surface area (Å²) in [6.07, 6.45) is 0.393. The third-order valence-corrected chi connectivity index (χ3v) is 2.23. The molecule has 6 heteroatoms. The van der Waals surface area contributed by atoms with Gasteiger partial charge in [-0.15, -0.1) is 0 Å². The number of Topliss-reactive ketones (excluding diaryl/α,β-unsaturated/α-hetero) is 1. The predicted octanol–water partition coefficient (Wildman–Crippen LogP) is 2.96. The second kappa shape index (κ2) is 5.03. The first-order valence-corrected chi connectivity index (χ1v) is 4.58. The monoisotopic (exact) mass is 248 g/mol. The van der Waals surface area contributed by atoms with Crippen molar-refractivity contribution < 1.29 is 23.1 Å². The first kappa shape index (κ1) is 12.6. The summed E-state index contributed by atoms with van der Waals surface area (Å²) in [5, 5.41) is -0.289. The zero-order chi connectivity index (χ0) is 12.3. The van der Waals surface area contributed by atoms with Gasteiger partial charge in [-0.2, -0.15) is 8.78 Å². The average molecular weight is 249 g/mol. The van der Waals surface area contributed by atoms with Gasteiger partial charge in [-0.05, 0) is 19.1 Å². The van der Waals surface area contributed by atoms with E-state index in [9.17, 15) is 18.4 Å². The van der Waals surface area contributed by atoms with Crippen LogP contribution in [0.25, 0.3) is 0 Å². The number of rotatable bonds is 4. The van der Waals surface area contributed by atoms with Gasteiger partial charge in [-0.1, -0.05) is 11.6 Å². The van der Waals surface area contributed by atoms with Gasteiger partial charge in [-0.3, -0.25) is 9.59 Å². The minimum Gasteiger partial charge on any atom is -0.432 e. The van der Waals surface area contributed by atoms with E-state index in [4.69, 9.17) is 11.6 Å². The summed E-state index contributed by atoms with van der Waals surface area (Å²) in [5.74, 6) is -0.941. The molecule has 1 rings (SSSR count). The molecule has 0 heterocycles. The Balaban J connectivity index is 3.36. The molecule has 86 valence electrons. The molecule has 0 aromatic heterocycles. The standard InChI is InChI=1S/C10H7ClF2O3/c1-5(15)7-3-2-6(4-14)8(11)9(7)16-10(12)13/h2-4,10H,1H3. The maximum Gasteiger partial charge on any atom is 0.387 e. The molecule has 1 aromatic rings. The molecule has 0 spiro atoms. The maximum absolute atomic E-state index is 12.1. The molecule has 0 aliphatic heterocycles. The minimum absolute atomic E-state index is 0.0117. The number of benzene rings is 1. The van der Waals surface area contributed by atoms with Crippen LogP contribution in [0, 0.1) is 0 Å². The van der Waals surface area contributed by atoms with Crippen molar-refractivity contribution in [3.8, 4) is 5.75 Å². The summed E-state index contributed by atoms with van der Waals surface area (Å²) in [7, 11) is 0. The highest BCUT2D eigenvalue weighted by Crippen LogP contribution is 2.33. The Morgan fingerprint density at radius 2 is 2.12 bits per heavy atom. The molecule has 3 nitrogen and oxygen atoms in total. The lowest BCUT2D eigenvalue weighted by atomic mass is 10.1. The van der Waals surface area contributed by atoms with Crippen LogP contribution in [0.2, 0.25) is 5.02 Å². The smallest absolute Gasteiger partial charge is 0.387 e. The van der Waals surface area contributed by atoms with Gasteiger partial charge in [0.25, 0.3) is 0 Å². The summed E-state index contributed by atoms with van der Waals surface area (Å²) < 4.78 is 28.3. The van der Waals surface area contributed by atoms with Crippen molar-refractivity contribution in [3.63, 3.8) is 0 Å². The van der Waals surface area contributed by atoms with Crippen LogP contribution in [0.3, 0.4) is 0 Å². The molecule has 0 saturated heterocycles. The molecule has 0 aliphatic carbocycles. The van der Waals surface area contributed by atoms with Crippen molar-refractivity contribution in [3.05, 3.63) is 28.3 Å². The van der Waals surface area contributed by atoms with E-state index in [0.717, 1.165) is 0 Å². The van der Waals surface area contributed by atoms with E-state index < -0.39 is 18.1 Å². The SMILES string of the molecule is CC(=O)c1ccc(C=O)c(Cl)c1OC(F)F. The molecule has 0 bridgehead atoms. The molecule has 0 fully saturated rings. The van der Waals surface area contributed by atoms with E-state index in [-0.39, 0.29) is 16.1 Å². The third-order valence-electron chi connectivity index (χ3n) is 1.84. The van der Waals surface area contributed by atoms with Gasteiger partial charge in [0, 0.05) is 5.56 Å². The Kier molecular flexibility index (Phi) is 3.95. The lowest BCUT2D eigenvalue weighted by Gasteiger charge is -2.11. The summed E-state index contributed by atoms with van der Waals surface area (Å²) in [5.41, 5.74) is -0.0989. The molecule has 0 amide bonds. The van der Waals surface area contributed by atoms with Gasteiger partial charge in [0.1, 0.15) is 0 Å². The Morgan fingerprint density at radius 3 is 2.56 bits per heavy atom. The number of aldehydes is 1. The quantitative estimate of drug-likeness (QED) is 0.608. The van der Waals surface area contributed by atoms with Crippen LogP contribution in [0.4, 0.5) is 8.78 Å². The number of ketones is 1. The fourth-order valence-corrected chi connectivity index (χ4v) is 1.40. The second-order valence-electron chi connectivity index (χ2n) is 2.90. The molecular formula is C10H7ClF2O3. The third kappa shape index (κ3) is 2.55. The second-order valence-corrected chi connectivity index (χ2v) is 3.28. The van der Waals surface area contributed by atoms with E-state index in [1.807, 2.05) is 0 Å². The van der Waals surface area contributed by atoms with Crippen molar-refractivity contribution in [1.82, 2.24) is 0 Å². The number of carbonyl (C=O) groups excluding carboxylic acids is 2. The lowest BCUT2D eigenvalue weighted by molar-refractivity contribution is -0.0501. The van der Waals surface area contributed by atoms with Crippen LogP contribution in [0.1, 0.15) is 27.6 Å². The Morgan fingerprint density at radius 1 is 1.50 bits per heavy atom. The number of alkyl halides is 2. The molecule has 0 radical (unpaired) electrons. The zero-order valence-electron chi connectivity index (χ0n) is 8.17. The summed E-state index contributed by atoms with van der Waals surface area (Å²) in [4.78, 5) is 21.7. The first-order valence-electron chi connectivity index (χ1n) is 4.20. The fraction of sp³-hybridized carbons (Fsp3) is 0.200. The highest BCUT2D eigenvalue weighted by Gasteiger charge is 2.19. The van der Waals surface area contributed by atoms with Crippen LogP contribution in [-0.2, 0) is 0 Å². The molecular weight excluding hydrogens is 242 g/mol. The van der Waals surface area contributed by atoms with Crippen LogP contribution in [0.15, 0.2) is 12.1 Å². The van der Waals surface area contributed by atoms with E-state index >= 15 is 0 Å². The molecule has 0 unspecified atom stereocenters. The lowest BCUT2D eigenvalue weighted by Crippen LogP contribution is -2.08. The Bertz CT molecular complexity index is 432. The fourth-order valence-electron chi connectivity index (χ4n) is 1.14. The van der Waals surface area contributed by atoms with Gasteiger partial charge in [0.2, 0.25) is 0 Å². The van der Waals surface area contributed by atoms with Crippen molar-refractivity contribution in [2.45, 2.75) is 13.5 Å². The number of ether oxygens (including phenoxy) is 1. The Labute approximate surface area is 95.0 Å². The number of hydrogen-bond acceptors (Lipinski definition) is 3. The van der Waals surface area contributed by atoms with Gasteiger partial charge in [0.15, 0.2) is 17.8 Å². The van der Waals surface area contributed by atoms with Crippen LogP contribution in [0.5, 0.6) is 5.75 Å². The largest absolute Gasteiger partial charge is 0.432 e. The van der Waals surface area contributed by atoms with E-state index in [1.165, 1.54) is 19.1 Å². The van der Waals surface area contributed by atoms with E-state index in [1.54, 1.807) is 0 Å². The predicted molar refractivity (Wildman–Crippen MR) is 53.5 cm³/mol. The van der Waals surface area contributed by atoms with Crippen molar-refractivity contribution in [2.75, 3.05) is 0 Å². The van der Waals surface area contributed by atoms with Crippen LogP contribution < -0.4 is 4.74 Å². The summed E-state index contributed by atoms with van der Waals surface area (Å²) >= 11 is 5.66. The molecule has 0 aliphatic rings. The molecule has 1 aromatic carbocycles. The van der Waals surface area contributed by atoms with E-state index in [2.05, 4.69) is 4.74 Å². The van der Waals surface area contributed by atoms with Crippen molar-refractivity contribution >= 4 is 23.7 Å². The van der Waals surface area contributed by atoms with Crippen molar-refractivity contribution in [2.24, 2.45) is 0 Å². The molecule has 16 heavy (non-hydrogen) atoms. The molecule has 0 atom stereocenters. The topological polar surface area (TPSA) is 43.4 Å². The van der Waals surface area contributed by atoms with Gasteiger partial charge in [0.05, 0.1) is 10.6 Å². The zero-order valence-corrected chi connectivity index (χ0v) is 8.92. The molecule has 0 N–H and O–H groups in total. The average Bonchev–Trinajstić information content (AvgIpc) is 2.19. The van der Waals surface area contributed by atoms with E-state index in [0.29, 0.717) is 6.29 Å². The number of hydrogen-bond donors (Lipinski definition) is 0. The van der Waals surface area contributed by atoms with Gasteiger partial charge < -0.3 is 4.74 Å². The number of carbonyl (C=O) groups is 2. The molecule has 0 saturated carbocycles. The highest BCUT2D eigenvalue weighted by atomic mass is 35.5. The van der Waals surface area contributed by atoms with Gasteiger partial charge >= 0.3 is 6.61 Å².